The van der Waals surface area contributed by atoms with E-state index in [9.17, 15) is 4.79 Å². The van der Waals surface area contributed by atoms with E-state index in [2.05, 4.69) is 17.2 Å². The molecule has 1 aromatic heterocycles. The van der Waals surface area contributed by atoms with Crippen LogP contribution in [0.3, 0.4) is 0 Å². The molecule has 1 saturated carbocycles. The van der Waals surface area contributed by atoms with Crippen molar-refractivity contribution < 1.29 is 4.79 Å². The topological polar surface area (TPSA) is 42.0 Å². The summed E-state index contributed by atoms with van der Waals surface area (Å²) >= 11 is 5.91. The van der Waals surface area contributed by atoms with Gasteiger partial charge in [-0.05, 0) is 37.3 Å². The summed E-state index contributed by atoms with van der Waals surface area (Å²) in [5, 5.41) is 3.33. The fraction of sp³-hybridized carbons (Fsp3) is 0.538. The van der Waals surface area contributed by atoms with Gasteiger partial charge in [0.1, 0.15) is 5.15 Å². The molecule has 4 heteroatoms. The largest absolute Gasteiger partial charge is 0.352 e. The number of aryl methyl sites for hydroxylation is 1. The first kappa shape index (κ1) is 12.4. The summed E-state index contributed by atoms with van der Waals surface area (Å²) < 4.78 is 0. The van der Waals surface area contributed by atoms with E-state index < -0.39 is 0 Å². The number of carbonyl (C=O) groups is 1. The molecule has 0 spiro atoms. The second kappa shape index (κ2) is 5.50. The normalized spacial score (nSPS) is 14.7. The van der Waals surface area contributed by atoms with Gasteiger partial charge in [-0.2, -0.15) is 0 Å². The molecule has 1 aromatic rings. The van der Waals surface area contributed by atoms with Crippen LogP contribution in [0.5, 0.6) is 0 Å². The molecule has 1 fully saturated rings. The Balaban J connectivity index is 2.04. The molecule has 1 N–H and O–H groups in total. The fourth-order valence-electron chi connectivity index (χ4n) is 1.73. The van der Waals surface area contributed by atoms with Crippen LogP contribution in [-0.4, -0.2) is 17.4 Å². The van der Waals surface area contributed by atoms with Crippen LogP contribution < -0.4 is 5.32 Å². The van der Waals surface area contributed by atoms with E-state index >= 15 is 0 Å². The van der Waals surface area contributed by atoms with Gasteiger partial charge in [-0.15, -0.1) is 0 Å². The number of rotatable bonds is 5. The molecule has 3 nitrogen and oxygen atoms in total. The summed E-state index contributed by atoms with van der Waals surface area (Å²) in [6.45, 7) is 2.86. The van der Waals surface area contributed by atoms with Crippen molar-refractivity contribution in [1.82, 2.24) is 10.3 Å². The Morgan fingerprint density at radius 1 is 1.53 bits per heavy atom. The van der Waals surface area contributed by atoms with Crippen molar-refractivity contribution in [3.8, 4) is 0 Å². The summed E-state index contributed by atoms with van der Waals surface area (Å²) in [5.74, 6) is 0.643. The van der Waals surface area contributed by atoms with Gasteiger partial charge in [-0.1, -0.05) is 24.9 Å². The molecule has 0 radical (unpaired) electrons. The molecule has 92 valence electrons. The number of halogens is 1. The third-order valence-electron chi connectivity index (χ3n) is 2.86. The van der Waals surface area contributed by atoms with Crippen molar-refractivity contribution in [2.24, 2.45) is 5.92 Å². The van der Waals surface area contributed by atoms with Crippen LogP contribution in [0.4, 0.5) is 0 Å². The third-order valence-corrected chi connectivity index (χ3v) is 3.06. The Morgan fingerprint density at radius 3 is 2.94 bits per heavy atom. The standard InChI is InChI=1S/C13H17ClN2O/c1-2-3-11-6-10(7-12(14)16-11)13(17)15-8-9-4-5-9/h6-7,9H,2-5,8H2,1H3,(H,15,17). The van der Waals surface area contributed by atoms with Gasteiger partial charge in [0.2, 0.25) is 0 Å². The molecule has 0 atom stereocenters. The van der Waals surface area contributed by atoms with Crippen molar-refractivity contribution >= 4 is 17.5 Å². The molecular weight excluding hydrogens is 236 g/mol. The fourth-order valence-corrected chi connectivity index (χ4v) is 1.95. The minimum Gasteiger partial charge on any atom is -0.352 e. The highest BCUT2D eigenvalue weighted by molar-refractivity contribution is 6.29. The van der Waals surface area contributed by atoms with Gasteiger partial charge in [-0.25, -0.2) is 4.98 Å². The lowest BCUT2D eigenvalue weighted by atomic mass is 10.1. The molecule has 0 aromatic carbocycles. The summed E-state index contributed by atoms with van der Waals surface area (Å²) in [6, 6.07) is 3.46. The number of hydrogen-bond donors (Lipinski definition) is 1. The first-order valence-corrected chi connectivity index (χ1v) is 6.51. The molecule has 1 amide bonds. The second-order valence-electron chi connectivity index (χ2n) is 4.57. The van der Waals surface area contributed by atoms with Crippen LogP contribution in [0, 0.1) is 5.92 Å². The number of nitrogens with one attached hydrogen (secondary N) is 1. The van der Waals surface area contributed by atoms with Crippen LogP contribution in [0.25, 0.3) is 0 Å². The number of nitrogens with zero attached hydrogens (tertiary/aromatic N) is 1. The van der Waals surface area contributed by atoms with Crippen LogP contribution in [0.2, 0.25) is 5.15 Å². The van der Waals surface area contributed by atoms with Crippen molar-refractivity contribution in [2.45, 2.75) is 32.6 Å². The van der Waals surface area contributed by atoms with E-state index in [1.165, 1.54) is 12.8 Å². The highest BCUT2D eigenvalue weighted by Crippen LogP contribution is 2.27. The van der Waals surface area contributed by atoms with Crippen molar-refractivity contribution in [2.75, 3.05) is 6.54 Å². The maximum Gasteiger partial charge on any atom is 0.251 e. The predicted octanol–water partition coefficient (Wildman–Crippen LogP) is 2.83. The van der Waals surface area contributed by atoms with Crippen molar-refractivity contribution in [1.29, 1.82) is 0 Å². The monoisotopic (exact) mass is 252 g/mol. The quantitative estimate of drug-likeness (QED) is 0.819. The number of amides is 1. The summed E-state index contributed by atoms with van der Waals surface area (Å²) in [7, 11) is 0. The lowest BCUT2D eigenvalue weighted by Gasteiger charge is -2.06. The molecule has 1 aliphatic carbocycles. The van der Waals surface area contributed by atoms with Gasteiger partial charge in [-0.3, -0.25) is 4.79 Å². The number of hydrogen-bond acceptors (Lipinski definition) is 2. The Bertz CT molecular complexity index is 416. The first-order valence-electron chi connectivity index (χ1n) is 6.13. The lowest BCUT2D eigenvalue weighted by molar-refractivity contribution is 0.0951. The Labute approximate surface area is 107 Å². The van der Waals surface area contributed by atoms with Crippen molar-refractivity contribution in [3.63, 3.8) is 0 Å². The van der Waals surface area contributed by atoms with Gasteiger partial charge >= 0.3 is 0 Å². The number of carbonyl (C=O) groups excluding carboxylic acids is 1. The Kier molecular flexibility index (Phi) is 4.00. The van der Waals surface area contributed by atoms with Gasteiger partial charge in [0, 0.05) is 17.8 Å². The minimum absolute atomic E-state index is 0.0430. The Morgan fingerprint density at radius 2 is 2.29 bits per heavy atom. The summed E-state index contributed by atoms with van der Waals surface area (Å²) in [4.78, 5) is 16.1. The zero-order valence-corrected chi connectivity index (χ0v) is 10.8. The molecular formula is C13H17ClN2O. The van der Waals surface area contributed by atoms with E-state index in [0.717, 1.165) is 25.1 Å². The molecule has 0 unspecified atom stereocenters. The van der Waals surface area contributed by atoms with E-state index in [1.807, 2.05) is 6.07 Å². The average molecular weight is 253 g/mol. The zero-order chi connectivity index (χ0) is 12.3. The molecule has 1 heterocycles. The predicted molar refractivity (Wildman–Crippen MR) is 68.3 cm³/mol. The lowest BCUT2D eigenvalue weighted by Crippen LogP contribution is -2.25. The number of pyridine rings is 1. The molecule has 0 bridgehead atoms. The smallest absolute Gasteiger partial charge is 0.251 e. The van der Waals surface area contributed by atoms with Crippen LogP contribution in [0.15, 0.2) is 12.1 Å². The SMILES string of the molecule is CCCc1cc(C(=O)NCC2CC2)cc(Cl)n1. The van der Waals surface area contributed by atoms with Gasteiger partial charge in [0.05, 0.1) is 0 Å². The second-order valence-corrected chi connectivity index (χ2v) is 4.96. The summed E-state index contributed by atoms with van der Waals surface area (Å²) in [6.07, 6.45) is 4.32. The van der Waals surface area contributed by atoms with Gasteiger partial charge in [0.25, 0.3) is 5.91 Å². The zero-order valence-electron chi connectivity index (χ0n) is 10.0. The summed E-state index contributed by atoms with van der Waals surface area (Å²) in [5.41, 5.74) is 1.51. The highest BCUT2D eigenvalue weighted by Gasteiger charge is 2.22. The van der Waals surface area contributed by atoms with Crippen LogP contribution in [-0.2, 0) is 6.42 Å². The highest BCUT2D eigenvalue weighted by atomic mass is 35.5. The molecule has 0 saturated heterocycles. The maximum absolute atomic E-state index is 11.9. The molecule has 0 aliphatic heterocycles. The van der Waals surface area contributed by atoms with E-state index in [4.69, 9.17) is 11.6 Å². The molecule has 2 rings (SSSR count). The first-order chi connectivity index (χ1) is 8.19. The molecule has 17 heavy (non-hydrogen) atoms. The van der Waals surface area contributed by atoms with E-state index in [-0.39, 0.29) is 5.91 Å². The maximum atomic E-state index is 11.9. The third kappa shape index (κ3) is 3.70. The van der Waals surface area contributed by atoms with Crippen LogP contribution >= 0.6 is 11.6 Å². The van der Waals surface area contributed by atoms with E-state index in [0.29, 0.717) is 16.6 Å². The van der Waals surface area contributed by atoms with Gasteiger partial charge in [0.15, 0.2) is 0 Å². The van der Waals surface area contributed by atoms with E-state index in [1.54, 1.807) is 6.07 Å². The van der Waals surface area contributed by atoms with Crippen molar-refractivity contribution in [3.05, 3.63) is 28.5 Å². The van der Waals surface area contributed by atoms with Crippen LogP contribution in [0.1, 0.15) is 42.2 Å². The Hall–Kier alpha value is -1.09. The average Bonchev–Trinajstić information content (AvgIpc) is 3.09. The minimum atomic E-state index is -0.0430. The number of aromatic nitrogens is 1. The van der Waals surface area contributed by atoms with Gasteiger partial charge < -0.3 is 5.32 Å². The molecule has 1 aliphatic rings.